The molecule has 1 rings (SSSR count). The Morgan fingerprint density at radius 3 is 2.47 bits per heavy atom. The molecule has 0 spiro atoms. The quantitative estimate of drug-likeness (QED) is 0.823. The number of likely N-dealkylation sites (N-methyl/N-ethyl adjacent to an activating group) is 1. The Labute approximate surface area is 103 Å². The molecule has 17 heavy (non-hydrogen) atoms. The minimum atomic E-state index is -0.948. The van der Waals surface area contributed by atoms with Crippen molar-refractivity contribution in [1.29, 1.82) is 0 Å². The van der Waals surface area contributed by atoms with Gasteiger partial charge in [0.05, 0.1) is 0 Å². The molecule has 0 heterocycles. The molecule has 1 aliphatic carbocycles. The van der Waals surface area contributed by atoms with Gasteiger partial charge in [0, 0.05) is 13.0 Å². The normalized spacial score (nSPS) is 25.1. The van der Waals surface area contributed by atoms with Crippen molar-refractivity contribution in [1.82, 2.24) is 4.90 Å². The Balaban J connectivity index is 2.66. The van der Waals surface area contributed by atoms with Gasteiger partial charge in [-0.25, -0.2) is 4.79 Å². The molecule has 1 N–H and O–H groups in total. The third kappa shape index (κ3) is 3.45. The Kier molecular flexibility index (Phi) is 4.17. The Bertz CT molecular complexity index is 312. The molecule has 0 aliphatic heterocycles. The maximum Gasteiger partial charge on any atom is 0.326 e. The zero-order valence-electron chi connectivity index (χ0n) is 11.2. The van der Waals surface area contributed by atoms with Gasteiger partial charge in [0.2, 0.25) is 5.91 Å². The molecule has 4 nitrogen and oxygen atoms in total. The minimum Gasteiger partial charge on any atom is -0.480 e. The number of carbonyl (C=O) groups excluding carboxylic acids is 1. The number of hydrogen-bond acceptors (Lipinski definition) is 2. The van der Waals surface area contributed by atoms with Crippen molar-refractivity contribution in [3.63, 3.8) is 0 Å². The molecular weight excluding hydrogens is 218 g/mol. The van der Waals surface area contributed by atoms with E-state index in [0.29, 0.717) is 0 Å². The maximum absolute atomic E-state index is 12.2. The smallest absolute Gasteiger partial charge is 0.326 e. The largest absolute Gasteiger partial charge is 0.480 e. The van der Waals surface area contributed by atoms with Gasteiger partial charge in [0.1, 0.15) is 6.04 Å². The highest BCUT2D eigenvalue weighted by Crippen LogP contribution is 2.39. The van der Waals surface area contributed by atoms with Crippen LogP contribution in [0, 0.1) is 11.3 Å². The van der Waals surface area contributed by atoms with Crippen molar-refractivity contribution in [2.45, 2.75) is 52.5 Å². The summed E-state index contributed by atoms with van der Waals surface area (Å²) in [7, 11) is 1.59. The van der Waals surface area contributed by atoms with Gasteiger partial charge in [-0.3, -0.25) is 4.79 Å². The molecule has 0 saturated heterocycles. The number of carboxylic acids is 1. The number of hydrogen-bond donors (Lipinski definition) is 1. The standard InChI is InChI=1S/C13H23NO3/c1-9(12(16)17)14(4)11(15)10-6-5-7-13(2,3)8-10/h9-10H,5-8H2,1-4H3,(H,16,17). The van der Waals surface area contributed by atoms with E-state index >= 15 is 0 Å². The lowest BCUT2D eigenvalue weighted by molar-refractivity contribution is -0.150. The highest BCUT2D eigenvalue weighted by molar-refractivity contribution is 5.84. The molecule has 0 bridgehead atoms. The fraction of sp³-hybridized carbons (Fsp3) is 0.846. The number of rotatable bonds is 3. The molecule has 0 aromatic carbocycles. The highest BCUT2D eigenvalue weighted by atomic mass is 16.4. The van der Waals surface area contributed by atoms with Crippen LogP contribution in [-0.2, 0) is 9.59 Å². The fourth-order valence-electron chi connectivity index (χ4n) is 2.55. The molecule has 1 amide bonds. The van der Waals surface area contributed by atoms with Gasteiger partial charge < -0.3 is 10.0 Å². The summed E-state index contributed by atoms with van der Waals surface area (Å²) in [4.78, 5) is 24.4. The van der Waals surface area contributed by atoms with Crippen LogP contribution in [0.25, 0.3) is 0 Å². The van der Waals surface area contributed by atoms with Gasteiger partial charge in [-0.15, -0.1) is 0 Å². The van der Waals surface area contributed by atoms with Crippen LogP contribution in [0.4, 0.5) is 0 Å². The zero-order valence-corrected chi connectivity index (χ0v) is 11.2. The van der Waals surface area contributed by atoms with E-state index in [1.807, 2.05) is 0 Å². The summed E-state index contributed by atoms with van der Waals surface area (Å²) in [6.07, 6.45) is 3.95. The van der Waals surface area contributed by atoms with Gasteiger partial charge in [-0.05, 0) is 31.6 Å². The zero-order chi connectivity index (χ0) is 13.2. The van der Waals surface area contributed by atoms with Crippen molar-refractivity contribution >= 4 is 11.9 Å². The predicted molar refractivity (Wildman–Crippen MR) is 65.6 cm³/mol. The summed E-state index contributed by atoms with van der Waals surface area (Å²) in [5.74, 6) is -0.978. The van der Waals surface area contributed by atoms with Gasteiger partial charge in [-0.1, -0.05) is 20.3 Å². The van der Waals surface area contributed by atoms with Gasteiger partial charge in [0.15, 0.2) is 0 Å². The summed E-state index contributed by atoms with van der Waals surface area (Å²) < 4.78 is 0. The van der Waals surface area contributed by atoms with E-state index < -0.39 is 12.0 Å². The molecule has 0 aromatic heterocycles. The van der Waals surface area contributed by atoms with Crippen LogP contribution < -0.4 is 0 Å². The average molecular weight is 241 g/mol. The van der Waals surface area contributed by atoms with Crippen LogP contribution in [0.3, 0.4) is 0 Å². The summed E-state index contributed by atoms with van der Waals surface area (Å²) in [5, 5.41) is 8.91. The molecular formula is C13H23NO3. The molecule has 1 saturated carbocycles. The maximum atomic E-state index is 12.2. The molecule has 1 fully saturated rings. The van der Waals surface area contributed by atoms with Crippen LogP contribution in [0.1, 0.15) is 46.5 Å². The number of aliphatic carboxylic acids is 1. The van der Waals surface area contributed by atoms with Crippen LogP contribution in [0.15, 0.2) is 0 Å². The first-order valence-electron chi connectivity index (χ1n) is 6.24. The Morgan fingerprint density at radius 2 is 2.00 bits per heavy atom. The molecule has 2 atom stereocenters. The van der Waals surface area contributed by atoms with Crippen LogP contribution in [0.2, 0.25) is 0 Å². The van der Waals surface area contributed by atoms with Crippen molar-refractivity contribution < 1.29 is 14.7 Å². The predicted octanol–water partition coefficient (Wildman–Crippen LogP) is 2.13. The van der Waals surface area contributed by atoms with Gasteiger partial charge >= 0.3 is 5.97 Å². The SMILES string of the molecule is CC(C(=O)O)N(C)C(=O)C1CCCC(C)(C)C1. The van der Waals surface area contributed by atoms with E-state index in [2.05, 4.69) is 13.8 Å². The first-order valence-corrected chi connectivity index (χ1v) is 6.24. The second-order valence-electron chi connectivity index (χ2n) is 5.92. The lowest BCUT2D eigenvalue weighted by atomic mass is 9.72. The third-order valence-electron chi connectivity index (χ3n) is 3.84. The first-order chi connectivity index (χ1) is 7.74. The summed E-state index contributed by atoms with van der Waals surface area (Å²) >= 11 is 0. The number of nitrogens with zero attached hydrogens (tertiary/aromatic N) is 1. The monoisotopic (exact) mass is 241 g/mol. The second-order valence-corrected chi connectivity index (χ2v) is 5.92. The average Bonchev–Trinajstić information content (AvgIpc) is 2.24. The summed E-state index contributed by atoms with van der Waals surface area (Å²) in [6.45, 7) is 5.90. The lowest BCUT2D eigenvalue weighted by Crippen LogP contribution is -2.45. The molecule has 2 unspecified atom stereocenters. The Hall–Kier alpha value is -1.06. The van der Waals surface area contributed by atoms with E-state index in [1.165, 1.54) is 4.90 Å². The van der Waals surface area contributed by atoms with E-state index in [1.54, 1.807) is 14.0 Å². The lowest BCUT2D eigenvalue weighted by Gasteiger charge is -2.36. The number of carboxylic acid groups (broad SMARTS) is 1. The van der Waals surface area contributed by atoms with Crippen LogP contribution in [0.5, 0.6) is 0 Å². The fourth-order valence-corrected chi connectivity index (χ4v) is 2.55. The van der Waals surface area contributed by atoms with E-state index in [0.717, 1.165) is 25.7 Å². The number of amides is 1. The topological polar surface area (TPSA) is 57.6 Å². The van der Waals surface area contributed by atoms with Gasteiger partial charge in [-0.2, -0.15) is 0 Å². The summed E-state index contributed by atoms with van der Waals surface area (Å²) in [6, 6.07) is -0.743. The van der Waals surface area contributed by atoms with Crippen molar-refractivity contribution in [3.8, 4) is 0 Å². The molecule has 98 valence electrons. The molecule has 0 radical (unpaired) electrons. The number of carbonyl (C=O) groups is 2. The van der Waals surface area contributed by atoms with Gasteiger partial charge in [0.25, 0.3) is 0 Å². The van der Waals surface area contributed by atoms with E-state index in [-0.39, 0.29) is 17.2 Å². The second kappa shape index (κ2) is 5.07. The van der Waals surface area contributed by atoms with E-state index in [9.17, 15) is 9.59 Å². The molecule has 0 aromatic rings. The Morgan fingerprint density at radius 1 is 1.41 bits per heavy atom. The highest BCUT2D eigenvalue weighted by Gasteiger charge is 2.35. The van der Waals surface area contributed by atoms with Crippen LogP contribution in [-0.4, -0.2) is 35.0 Å². The van der Waals surface area contributed by atoms with E-state index in [4.69, 9.17) is 5.11 Å². The van der Waals surface area contributed by atoms with Crippen molar-refractivity contribution in [2.75, 3.05) is 7.05 Å². The van der Waals surface area contributed by atoms with Crippen molar-refractivity contribution in [3.05, 3.63) is 0 Å². The molecule has 1 aliphatic rings. The molecule has 4 heteroatoms. The minimum absolute atomic E-state index is 0.00875. The first kappa shape index (κ1) is 14.0. The van der Waals surface area contributed by atoms with Crippen molar-refractivity contribution in [2.24, 2.45) is 11.3 Å². The third-order valence-corrected chi connectivity index (χ3v) is 3.84. The summed E-state index contributed by atoms with van der Waals surface area (Å²) in [5.41, 5.74) is 0.200. The van der Waals surface area contributed by atoms with Crippen LogP contribution >= 0.6 is 0 Å².